The molecule has 1 saturated carbocycles. The summed E-state index contributed by atoms with van der Waals surface area (Å²) in [7, 11) is 0. The molecule has 0 unspecified atom stereocenters. The standard InChI is InChI=1S/C18H25NO3/c1-13(2)22-16-7-3-5-14(9-16)10-19-11-15-6-4-8-18(15,12-19)17(20)21/h3,5,7,9,13,15H,4,6,8,10-12H2,1-2H3,(H,20,21)/t15-,18+/m0/s1. The molecule has 2 aliphatic rings. The van der Waals surface area contributed by atoms with Gasteiger partial charge >= 0.3 is 5.97 Å². The van der Waals surface area contributed by atoms with Gasteiger partial charge in [-0.05, 0) is 50.3 Å². The molecule has 2 fully saturated rings. The maximum Gasteiger partial charge on any atom is 0.311 e. The van der Waals surface area contributed by atoms with Gasteiger partial charge in [0.2, 0.25) is 0 Å². The molecule has 1 saturated heterocycles. The first-order valence-corrected chi connectivity index (χ1v) is 8.21. The van der Waals surface area contributed by atoms with Crippen molar-refractivity contribution in [3.05, 3.63) is 29.8 Å². The van der Waals surface area contributed by atoms with Crippen LogP contribution in [-0.2, 0) is 11.3 Å². The molecule has 2 atom stereocenters. The van der Waals surface area contributed by atoms with Crippen LogP contribution < -0.4 is 4.74 Å². The van der Waals surface area contributed by atoms with E-state index in [-0.39, 0.29) is 6.10 Å². The number of carboxylic acid groups (broad SMARTS) is 1. The molecule has 0 spiro atoms. The number of carbonyl (C=O) groups is 1. The van der Waals surface area contributed by atoms with Gasteiger partial charge in [0.15, 0.2) is 0 Å². The van der Waals surface area contributed by atoms with Gasteiger partial charge in [-0.25, -0.2) is 0 Å². The van der Waals surface area contributed by atoms with Gasteiger partial charge in [-0.2, -0.15) is 0 Å². The molecule has 1 aliphatic heterocycles. The van der Waals surface area contributed by atoms with Gasteiger partial charge in [-0.1, -0.05) is 18.6 Å². The Morgan fingerprint density at radius 2 is 2.32 bits per heavy atom. The number of aliphatic carboxylic acids is 1. The second-order valence-corrected chi connectivity index (χ2v) is 7.03. The molecule has 0 amide bonds. The van der Waals surface area contributed by atoms with Crippen LogP contribution in [0.15, 0.2) is 24.3 Å². The topological polar surface area (TPSA) is 49.8 Å². The molecule has 0 aromatic heterocycles. The van der Waals surface area contributed by atoms with Crippen LogP contribution in [0.3, 0.4) is 0 Å². The maximum absolute atomic E-state index is 11.7. The molecule has 120 valence electrons. The van der Waals surface area contributed by atoms with E-state index in [1.807, 2.05) is 26.0 Å². The highest BCUT2D eigenvalue weighted by Gasteiger charge is 2.54. The zero-order valence-corrected chi connectivity index (χ0v) is 13.4. The average Bonchev–Trinajstić information content (AvgIpc) is 2.95. The predicted molar refractivity (Wildman–Crippen MR) is 84.9 cm³/mol. The molecule has 1 heterocycles. The fraction of sp³-hybridized carbons (Fsp3) is 0.611. The molecular formula is C18H25NO3. The van der Waals surface area contributed by atoms with Crippen LogP contribution in [0.4, 0.5) is 0 Å². The van der Waals surface area contributed by atoms with Crippen molar-refractivity contribution in [3.63, 3.8) is 0 Å². The third-order valence-corrected chi connectivity index (χ3v) is 5.04. The summed E-state index contributed by atoms with van der Waals surface area (Å²) >= 11 is 0. The minimum atomic E-state index is -0.602. The van der Waals surface area contributed by atoms with E-state index in [0.717, 1.165) is 38.1 Å². The van der Waals surface area contributed by atoms with Crippen LogP contribution in [0.25, 0.3) is 0 Å². The Morgan fingerprint density at radius 3 is 3.00 bits per heavy atom. The normalized spacial score (nSPS) is 28.0. The molecule has 1 aromatic rings. The molecule has 4 nitrogen and oxygen atoms in total. The van der Waals surface area contributed by atoms with Crippen LogP contribution in [-0.4, -0.2) is 35.2 Å². The first-order valence-electron chi connectivity index (χ1n) is 8.21. The summed E-state index contributed by atoms with van der Waals surface area (Å²) in [5, 5.41) is 9.65. The van der Waals surface area contributed by atoms with E-state index in [1.165, 1.54) is 5.56 Å². The molecule has 0 radical (unpaired) electrons. The number of benzene rings is 1. The Labute approximate surface area is 132 Å². The number of likely N-dealkylation sites (tertiary alicyclic amines) is 1. The Bertz CT molecular complexity index is 557. The van der Waals surface area contributed by atoms with E-state index >= 15 is 0 Å². The van der Waals surface area contributed by atoms with Crippen LogP contribution >= 0.6 is 0 Å². The SMILES string of the molecule is CC(C)Oc1cccc(CN2C[C@@H]3CCC[C@@]3(C(=O)O)C2)c1. The highest BCUT2D eigenvalue weighted by molar-refractivity contribution is 5.76. The lowest BCUT2D eigenvalue weighted by Gasteiger charge is -2.23. The average molecular weight is 303 g/mol. The highest BCUT2D eigenvalue weighted by atomic mass is 16.5. The monoisotopic (exact) mass is 303 g/mol. The Kier molecular flexibility index (Phi) is 4.13. The van der Waals surface area contributed by atoms with Crippen molar-refractivity contribution < 1.29 is 14.6 Å². The van der Waals surface area contributed by atoms with Crippen molar-refractivity contribution in [1.82, 2.24) is 4.90 Å². The maximum atomic E-state index is 11.7. The number of carboxylic acids is 1. The van der Waals surface area contributed by atoms with Crippen molar-refractivity contribution in [1.29, 1.82) is 0 Å². The van der Waals surface area contributed by atoms with Crippen LogP contribution in [0.1, 0.15) is 38.7 Å². The smallest absolute Gasteiger partial charge is 0.311 e. The van der Waals surface area contributed by atoms with Gasteiger partial charge in [0.25, 0.3) is 0 Å². The fourth-order valence-corrected chi connectivity index (χ4v) is 4.11. The summed E-state index contributed by atoms with van der Waals surface area (Å²) in [6.45, 7) is 6.43. The molecule has 1 aliphatic carbocycles. The fourth-order valence-electron chi connectivity index (χ4n) is 4.11. The van der Waals surface area contributed by atoms with E-state index < -0.39 is 11.4 Å². The third-order valence-electron chi connectivity index (χ3n) is 5.04. The number of fused-ring (bicyclic) bond motifs is 1. The van der Waals surface area contributed by atoms with Crippen molar-refractivity contribution in [2.24, 2.45) is 11.3 Å². The van der Waals surface area contributed by atoms with Crippen molar-refractivity contribution in [2.75, 3.05) is 13.1 Å². The Hall–Kier alpha value is -1.55. The molecule has 1 N–H and O–H groups in total. The lowest BCUT2D eigenvalue weighted by molar-refractivity contribution is -0.149. The van der Waals surface area contributed by atoms with E-state index in [1.54, 1.807) is 0 Å². The minimum Gasteiger partial charge on any atom is -0.491 e. The van der Waals surface area contributed by atoms with Crippen LogP contribution in [0, 0.1) is 11.3 Å². The molecule has 4 heteroatoms. The Morgan fingerprint density at radius 1 is 1.50 bits per heavy atom. The molecule has 3 rings (SSSR count). The predicted octanol–water partition coefficient (Wildman–Crippen LogP) is 3.16. The van der Waals surface area contributed by atoms with Crippen molar-refractivity contribution in [2.45, 2.75) is 45.8 Å². The Balaban J connectivity index is 1.69. The van der Waals surface area contributed by atoms with Gasteiger partial charge in [0.1, 0.15) is 5.75 Å². The van der Waals surface area contributed by atoms with E-state index in [4.69, 9.17) is 4.74 Å². The van der Waals surface area contributed by atoms with Crippen molar-refractivity contribution in [3.8, 4) is 5.75 Å². The van der Waals surface area contributed by atoms with E-state index in [2.05, 4.69) is 17.0 Å². The summed E-state index contributed by atoms with van der Waals surface area (Å²) in [6, 6.07) is 8.15. The van der Waals surface area contributed by atoms with Gasteiger partial charge in [0.05, 0.1) is 11.5 Å². The lowest BCUT2D eigenvalue weighted by atomic mass is 9.81. The first kappa shape index (κ1) is 15.3. The number of hydrogen-bond acceptors (Lipinski definition) is 3. The first-order chi connectivity index (χ1) is 10.5. The summed E-state index contributed by atoms with van der Waals surface area (Å²) in [4.78, 5) is 14.0. The van der Waals surface area contributed by atoms with E-state index in [0.29, 0.717) is 12.5 Å². The van der Waals surface area contributed by atoms with Gasteiger partial charge in [-0.3, -0.25) is 9.69 Å². The number of ether oxygens (including phenoxy) is 1. The minimum absolute atomic E-state index is 0.164. The summed E-state index contributed by atoms with van der Waals surface area (Å²) < 4.78 is 5.74. The second kappa shape index (κ2) is 5.92. The summed E-state index contributed by atoms with van der Waals surface area (Å²) in [6.07, 6.45) is 3.11. The molecule has 22 heavy (non-hydrogen) atoms. The van der Waals surface area contributed by atoms with Gasteiger partial charge < -0.3 is 9.84 Å². The largest absolute Gasteiger partial charge is 0.491 e. The summed E-state index contributed by atoms with van der Waals surface area (Å²) in [5.41, 5.74) is 0.699. The number of rotatable bonds is 5. The summed E-state index contributed by atoms with van der Waals surface area (Å²) in [5.74, 6) is 0.606. The zero-order chi connectivity index (χ0) is 15.7. The highest BCUT2D eigenvalue weighted by Crippen LogP contribution is 2.49. The van der Waals surface area contributed by atoms with Gasteiger partial charge in [-0.15, -0.1) is 0 Å². The molecular weight excluding hydrogens is 278 g/mol. The molecule has 0 bridgehead atoms. The van der Waals surface area contributed by atoms with Crippen LogP contribution in [0.2, 0.25) is 0 Å². The lowest BCUT2D eigenvalue weighted by Crippen LogP contribution is -2.35. The third kappa shape index (κ3) is 2.84. The molecule has 1 aromatic carbocycles. The number of nitrogens with zero attached hydrogens (tertiary/aromatic N) is 1. The van der Waals surface area contributed by atoms with Gasteiger partial charge in [0, 0.05) is 19.6 Å². The van der Waals surface area contributed by atoms with E-state index in [9.17, 15) is 9.90 Å². The zero-order valence-electron chi connectivity index (χ0n) is 13.4. The van der Waals surface area contributed by atoms with Crippen molar-refractivity contribution >= 4 is 5.97 Å². The number of hydrogen-bond donors (Lipinski definition) is 1. The quantitative estimate of drug-likeness (QED) is 0.908. The van der Waals surface area contributed by atoms with Crippen LogP contribution in [0.5, 0.6) is 5.75 Å². The second-order valence-electron chi connectivity index (χ2n) is 7.03.